The van der Waals surface area contributed by atoms with Gasteiger partial charge in [0.25, 0.3) is 0 Å². The first kappa shape index (κ1) is 12.3. The Morgan fingerprint density at radius 2 is 2.12 bits per heavy atom. The number of nitrogens with zero attached hydrogens (tertiary/aromatic N) is 3. The number of rotatable bonds is 3. The molecule has 2 rings (SSSR count). The van der Waals surface area contributed by atoms with Gasteiger partial charge in [0, 0.05) is 30.9 Å². The third-order valence-electron chi connectivity index (χ3n) is 3.68. The summed E-state index contributed by atoms with van der Waals surface area (Å²) in [5.41, 5.74) is 7.07. The van der Waals surface area contributed by atoms with Crippen LogP contribution in [-0.4, -0.2) is 29.1 Å². The van der Waals surface area contributed by atoms with E-state index in [1.165, 1.54) is 12.8 Å². The lowest BCUT2D eigenvalue weighted by Crippen LogP contribution is -2.40. The number of hydrogen-bond acceptors (Lipinski definition) is 4. The summed E-state index contributed by atoms with van der Waals surface area (Å²) in [6.45, 7) is 6.35. The molecule has 0 aromatic carbocycles. The average molecular weight is 234 g/mol. The Morgan fingerprint density at radius 1 is 1.41 bits per heavy atom. The molecule has 1 aliphatic heterocycles. The second-order valence-electron chi connectivity index (χ2n) is 4.90. The molecule has 1 aliphatic rings. The SMILES string of the molecule is CCc1cc(N2CCC(C(C)N)CC2)ncn1. The minimum atomic E-state index is 0.314. The molecule has 0 bridgehead atoms. The Kier molecular flexibility index (Phi) is 3.94. The molecule has 0 radical (unpaired) electrons. The molecule has 4 nitrogen and oxygen atoms in total. The molecule has 2 heterocycles. The smallest absolute Gasteiger partial charge is 0.132 e. The van der Waals surface area contributed by atoms with Crippen LogP contribution in [0.4, 0.5) is 5.82 Å². The highest BCUT2D eigenvalue weighted by Crippen LogP contribution is 2.23. The van der Waals surface area contributed by atoms with Crippen molar-refractivity contribution in [3.05, 3.63) is 18.1 Å². The van der Waals surface area contributed by atoms with Crippen LogP contribution in [0.3, 0.4) is 0 Å². The van der Waals surface area contributed by atoms with Crippen LogP contribution in [0.25, 0.3) is 0 Å². The first-order chi connectivity index (χ1) is 8.20. The van der Waals surface area contributed by atoms with Gasteiger partial charge < -0.3 is 10.6 Å². The molecule has 1 fully saturated rings. The summed E-state index contributed by atoms with van der Waals surface area (Å²) in [6, 6.07) is 2.42. The summed E-state index contributed by atoms with van der Waals surface area (Å²) < 4.78 is 0. The molecule has 4 heteroatoms. The van der Waals surface area contributed by atoms with Gasteiger partial charge in [0.1, 0.15) is 12.1 Å². The maximum atomic E-state index is 5.95. The van der Waals surface area contributed by atoms with Crippen LogP contribution >= 0.6 is 0 Å². The second kappa shape index (κ2) is 5.45. The van der Waals surface area contributed by atoms with Crippen molar-refractivity contribution in [2.45, 2.75) is 39.2 Å². The molecule has 1 aromatic rings. The van der Waals surface area contributed by atoms with Crippen molar-refractivity contribution >= 4 is 5.82 Å². The monoisotopic (exact) mass is 234 g/mol. The molecule has 0 saturated carbocycles. The normalized spacial score (nSPS) is 19.4. The number of nitrogens with two attached hydrogens (primary N) is 1. The summed E-state index contributed by atoms with van der Waals surface area (Å²) >= 11 is 0. The van der Waals surface area contributed by atoms with E-state index < -0.39 is 0 Å². The maximum Gasteiger partial charge on any atom is 0.132 e. The van der Waals surface area contributed by atoms with E-state index in [1.807, 2.05) is 0 Å². The molecular weight excluding hydrogens is 212 g/mol. The van der Waals surface area contributed by atoms with Gasteiger partial charge in [-0.3, -0.25) is 0 Å². The summed E-state index contributed by atoms with van der Waals surface area (Å²) in [5, 5.41) is 0. The van der Waals surface area contributed by atoms with Gasteiger partial charge in [-0.15, -0.1) is 0 Å². The summed E-state index contributed by atoms with van der Waals surface area (Å²) in [6.07, 6.45) is 4.98. The van der Waals surface area contributed by atoms with Crippen LogP contribution in [-0.2, 0) is 6.42 Å². The lowest BCUT2D eigenvalue weighted by atomic mass is 9.91. The van der Waals surface area contributed by atoms with Crippen molar-refractivity contribution in [2.75, 3.05) is 18.0 Å². The van der Waals surface area contributed by atoms with Gasteiger partial charge in [0.2, 0.25) is 0 Å². The molecule has 1 saturated heterocycles. The lowest BCUT2D eigenvalue weighted by Gasteiger charge is -2.34. The Bertz CT molecular complexity index is 356. The number of anilines is 1. The highest BCUT2D eigenvalue weighted by Gasteiger charge is 2.22. The van der Waals surface area contributed by atoms with E-state index >= 15 is 0 Å². The number of piperidine rings is 1. The van der Waals surface area contributed by atoms with E-state index in [2.05, 4.69) is 34.8 Å². The van der Waals surface area contributed by atoms with Gasteiger partial charge >= 0.3 is 0 Å². The van der Waals surface area contributed by atoms with E-state index in [-0.39, 0.29) is 0 Å². The van der Waals surface area contributed by atoms with Crippen LogP contribution in [0.15, 0.2) is 12.4 Å². The third-order valence-corrected chi connectivity index (χ3v) is 3.68. The predicted molar refractivity (Wildman–Crippen MR) is 70.0 cm³/mol. The van der Waals surface area contributed by atoms with Gasteiger partial charge in [-0.05, 0) is 32.1 Å². The first-order valence-electron chi connectivity index (χ1n) is 6.52. The van der Waals surface area contributed by atoms with Crippen LogP contribution in [0.5, 0.6) is 0 Å². The van der Waals surface area contributed by atoms with Crippen LogP contribution in [0.1, 0.15) is 32.4 Å². The molecule has 1 unspecified atom stereocenters. The molecule has 94 valence electrons. The summed E-state index contributed by atoms with van der Waals surface area (Å²) in [4.78, 5) is 10.9. The van der Waals surface area contributed by atoms with Crippen LogP contribution < -0.4 is 10.6 Å². The topological polar surface area (TPSA) is 55.0 Å². The largest absolute Gasteiger partial charge is 0.356 e. The minimum absolute atomic E-state index is 0.314. The van der Waals surface area contributed by atoms with Gasteiger partial charge in [-0.1, -0.05) is 6.92 Å². The van der Waals surface area contributed by atoms with E-state index in [9.17, 15) is 0 Å². The Morgan fingerprint density at radius 3 is 2.71 bits per heavy atom. The van der Waals surface area contributed by atoms with Gasteiger partial charge in [-0.25, -0.2) is 9.97 Å². The van der Waals surface area contributed by atoms with Crippen molar-refractivity contribution in [1.29, 1.82) is 0 Å². The molecule has 0 amide bonds. The van der Waals surface area contributed by atoms with Crippen molar-refractivity contribution in [3.8, 4) is 0 Å². The predicted octanol–water partition coefficient (Wildman–Crippen LogP) is 1.60. The Balaban J connectivity index is 2.00. The first-order valence-corrected chi connectivity index (χ1v) is 6.52. The van der Waals surface area contributed by atoms with Crippen molar-refractivity contribution in [2.24, 2.45) is 11.7 Å². The van der Waals surface area contributed by atoms with Crippen LogP contribution in [0, 0.1) is 5.92 Å². The standard InChI is InChI=1S/C13H22N4/c1-3-12-8-13(16-9-15-12)17-6-4-11(5-7-17)10(2)14/h8-11H,3-7,14H2,1-2H3. The molecule has 1 aromatic heterocycles. The Hall–Kier alpha value is -1.16. The van der Waals surface area contributed by atoms with E-state index in [1.54, 1.807) is 6.33 Å². The molecular formula is C13H22N4. The minimum Gasteiger partial charge on any atom is -0.356 e. The van der Waals surface area contributed by atoms with E-state index in [0.29, 0.717) is 12.0 Å². The van der Waals surface area contributed by atoms with Crippen molar-refractivity contribution < 1.29 is 0 Å². The lowest BCUT2D eigenvalue weighted by molar-refractivity contribution is 0.353. The van der Waals surface area contributed by atoms with Crippen molar-refractivity contribution in [3.63, 3.8) is 0 Å². The number of aromatic nitrogens is 2. The molecule has 17 heavy (non-hydrogen) atoms. The zero-order valence-corrected chi connectivity index (χ0v) is 10.8. The summed E-state index contributed by atoms with van der Waals surface area (Å²) in [7, 11) is 0. The van der Waals surface area contributed by atoms with Gasteiger partial charge in [0.15, 0.2) is 0 Å². The summed E-state index contributed by atoms with van der Waals surface area (Å²) in [5.74, 6) is 1.73. The molecule has 1 atom stereocenters. The van der Waals surface area contributed by atoms with Crippen molar-refractivity contribution in [1.82, 2.24) is 9.97 Å². The zero-order chi connectivity index (χ0) is 12.3. The fraction of sp³-hybridized carbons (Fsp3) is 0.692. The fourth-order valence-corrected chi connectivity index (χ4v) is 2.41. The molecule has 2 N–H and O–H groups in total. The number of aryl methyl sites for hydroxylation is 1. The molecule has 0 aliphatic carbocycles. The van der Waals surface area contributed by atoms with Gasteiger partial charge in [0.05, 0.1) is 0 Å². The quantitative estimate of drug-likeness (QED) is 0.863. The maximum absolute atomic E-state index is 5.95. The van der Waals surface area contributed by atoms with E-state index in [4.69, 9.17) is 5.73 Å². The highest BCUT2D eigenvalue weighted by atomic mass is 15.2. The van der Waals surface area contributed by atoms with Crippen LogP contribution in [0.2, 0.25) is 0 Å². The zero-order valence-electron chi connectivity index (χ0n) is 10.8. The van der Waals surface area contributed by atoms with E-state index in [0.717, 1.165) is 31.0 Å². The second-order valence-corrected chi connectivity index (χ2v) is 4.90. The fourth-order valence-electron chi connectivity index (χ4n) is 2.41. The van der Waals surface area contributed by atoms with Gasteiger partial charge in [-0.2, -0.15) is 0 Å². The molecule has 0 spiro atoms. The Labute approximate surface area is 103 Å². The number of hydrogen-bond donors (Lipinski definition) is 1. The highest BCUT2D eigenvalue weighted by molar-refractivity contribution is 5.39. The third kappa shape index (κ3) is 2.94. The average Bonchev–Trinajstić information content (AvgIpc) is 2.39.